The van der Waals surface area contributed by atoms with Gasteiger partial charge in [-0.25, -0.2) is 4.39 Å². The van der Waals surface area contributed by atoms with E-state index in [0.29, 0.717) is 18.0 Å². The highest BCUT2D eigenvalue weighted by molar-refractivity contribution is 6.34. The maximum Gasteiger partial charge on any atom is 0.266 e. The van der Waals surface area contributed by atoms with Crippen LogP contribution in [0.2, 0.25) is 5.15 Å². The summed E-state index contributed by atoms with van der Waals surface area (Å²) >= 11 is 6.20. The summed E-state index contributed by atoms with van der Waals surface area (Å²) in [6.45, 7) is 4.35. The maximum absolute atomic E-state index is 15.3. The van der Waals surface area contributed by atoms with E-state index in [1.165, 1.54) is 15.3 Å². The summed E-state index contributed by atoms with van der Waals surface area (Å²) < 4.78 is 18.1. The molecule has 0 aliphatic carbocycles. The molecule has 30 heavy (non-hydrogen) atoms. The minimum absolute atomic E-state index is 0.146. The van der Waals surface area contributed by atoms with Crippen LogP contribution in [0, 0.1) is 5.82 Å². The molecule has 0 unspecified atom stereocenters. The molecule has 0 aliphatic rings. The second kappa shape index (κ2) is 7.13. The number of halogens is 2. The average Bonchev–Trinajstić information content (AvgIpc) is 3.26. The molecule has 0 amide bonds. The lowest BCUT2D eigenvalue weighted by molar-refractivity contribution is 0.642. The van der Waals surface area contributed by atoms with Crippen molar-refractivity contribution in [2.24, 2.45) is 14.1 Å². The molecule has 156 valence electrons. The fourth-order valence-corrected chi connectivity index (χ4v) is 3.64. The Labute approximate surface area is 175 Å². The first-order chi connectivity index (χ1) is 14.2. The van der Waals surface area contributed by atoms with Crippen molar-refractivity contribution in [1.29, 1.82) is 0 Å². The van der Waals surface area contributed by atoms with Gasteiger partial charge in [-0.3, -0.25) is 19.1 Å². The molecule has 1 aromatic carbocycles. The number of anilines is 1. The SMILES string of the molecule is C=C(CN(C)c1nc2[nH]nc(-c3ccc4nn(C)c(Cl)c4c3F)c2c(=O)n1C)NC. The monoisotopic (exact) mass is 430 g/mol. The zero-order chi connectivity index (χ0) is 21.7. The van der Waals surface area contributed by atoms with Gasteiger partial charge in [0.1, 0.15) is 22.1 Å². The third-order valence-corrected chi connectivity index (χ3v) is 5.46. The highest BCUT2D eigenvalue weighted by atomic mass is 35.5. The van der Waals surface area contributed by atoms with Gasteiger partial charge in [0.05, 0.1) is 17.4 Å². The maximum atomic E-state index is 15.3. The van der Waals surface area contributed by atoms with Crippen LogP contribution in [0.25, 0.3) is 33.2 Å². The normalized spacial score (nSPS) is 11.4. The molecular formula is C19H20ClFN8O. The summed E-state index contributed by atoms with van der Waals surface area (Å²) in [4.78, 5) is 19.4. The zero-order valence-corrected chi connectivity index (χ0v) is 17.7. The molecule has 0 radical (unpaired) electrons. The van der Waals surface area contributed by atoms with Crippen LogP contribution >= 0.6 is 11.6 Å². The second-order valence-corrected chi connectivity index (χ2v) is 7.38. The molecule has 2 N–H and O–H groups in total. The molecule has 0 spiro atoms. The lowest BCUT2D eigenvalue weighted by Gasteiger charge is -2.21. The van der Waals surface area contributed by atoms with Crippen LogP contribution in [0.15, 0.2) is 29.2 Å². The van der Waals surface area contributed by atoms with Gasteiger partial charge in [-0.05, 0) is 12.1 Å². The molecule has 4 rings (SSSR count). The van der Waals surface area contributed by atoms with Crippen molar-refractivity contribution in [3.63, 3.8) is 0 Å². The number of hydrogen-bond donors (Lipinski definition) is 2. The number of benzene rings is 1. The van der Waals surface area contributed by atoms with Gasteiger partial charge >= 0.3 is 0 Å². The van der Waals surface area contributed by atoms with Crippen LogP contribution in [0.5, 0.6) is 0 Å². The van der Waals surface area contributed by atoms with Crippen LogP contribution in [0.3, 0.4) is 0 Å². The number of likely N-dealkylation sites (N-methyl/N-ethyl adjacent to an activating group) is 2. The fraction of sp³-hybridized carbons (Fsp3) is 0.263. The summed E-state index contributed by atoms with van der Waals surface area (Å²) in [7, 11) is 6.81. The molecule has 0 saturated heterocycles. The highest BCUT2D eigenvalue weighted by Gasteiger charge is 2.23. The van der Waals surface area contributed by atoms with E-state index in [-0.39, 0.29) is 38.4 Å². The quantitative estimate of drug-likeness (QED) is 0.503. The highest BCUT2D eigenvalue weighted by Crippen LogP contribution is 2.33. The Morgan fingerprint density at radius 1 is 1.37 bits per heavy atom. The van der Waals surface area contributed by atoms with Gasteiger partial charge in [0, 0.05) is 39.5 Å². The molecule has 0 bridgehead atoms. The summed E-state index contributed by atoms with van der Waals surface area (Å²) in [6.07, 6.45) is 0. The first kappa shape index (κ1) is 19.9. The van der Waals surface area contributed by atoms with Crippen molar-refractivity contribution in [3.05, 3.63) is 45.7 Å². The molecule has 0 atom stereocenters. The molecular weight excluding hydrogens is 411 g/mol. The van der Waals surface area contributed by atoms with E-state index in [1.807, 2.05) is 0 Å². The first-order valence-corrected chi connectivity index (χ1v) is 9.45. The number of nitrogens with zero attached hydrogens (tertiary/aromatic N) is 6. The Morgan fingerprint density at radius 3 is 2.80 bits per heavy atom. The second-order valence-electron chi connectivity index (χ2n) is 7.02. The van der Waals surface area contributed by atoms with Crippen molar-refractivity contribution in [3.8, 4) is 11.3 Å². The molecule has 0 aliphatic heterocycles. The van der Waals surface area contributed by atoms with E-state index >= 15 is 4.39 Å². The Balaban J connectivity index is 1.91. The van der Waals surface area contributed by atoms with Crippen molar-refractivity contribution in [1.82, 2.24) is 34.8 Å². The first-order valence-electron chi connectivity index (χ1n) is 9.07. The molecule has 0 saturated carbocycles. The standard InChI is InChI=1S/C19H20ClFN8O/c1-9(22-2)8-27(3)19-23-17-13(18(30)28(19)4)15(24-25-17)10-6-7-11-12(14(10)21)16(20)29(5)26-11/h6-7,22H,1,8H2,2-5H3,(H,24,25). The molecule has 4 aromatic rings. The summed E-state index contributed by atoms with van der Waals surface area (Å²) in [5.74, 6) is -0.169. The van der Waals surface area contributed by atoms with Gasteiger partial charge in [0.25, 0.3) is 5.56 Å². The van der Waals surface area contributed by atoms with E-state index in [9.17, 15) is 4.79 Å². The third-order valence-electron chi connectivity index (χ3n) is 5.02. The van der Waals surface area contributed by atoms with E-state index in [4.69, 9.17) is 11.6 Å². The number of aromatic nitrogens is 6. The van der Waals surface area contributed by atoms with Crippen LogP contribution in [-0.4, -0.2) is 50.2 Å². The number of aryl methyl sites for hydroxylation is 1. The van der Waals surface area contributed by atoms with E-state index in [0.717, 1.165) is 5.70 Å². The van der Waals surface area contributed by atoms with Crippen molar-refractivity contribution < 1.29 is 4.39 Å². The molecule has 0 fully saturated rings. The number of nitrogens with one attached hydrogen (secondary N) is 2. The zero-order valence-electron chi connectivity index (χ0n) is 16.9. The average molecular weight is 431 g/mol. The van der Waals surface area contributed by atoms with Crippen molar-refractivity contribution >= 4 is 39.5 Å². The molecule has 11 heteroatoms. The Bertz CT molecular complexity index is 1370. The van der Waals surface area contributed by atoms with Crippen LogP contribution in [0.4, 0.5) is 10.3 Å². The van der Waals surface area contributed by atoms with Crippen molar-refractivity contribution in [2.45, 2.75) is 0 Å². The molecule has 3 heterocycles. The molecule has 3 aromatic heterocycles. The Morgan fingerprint density at radius 2 is 2.10 bits per heavy atom. The third kappa shape index (κ3) is 2.91. The Kier molecular flexibility index (Phi) is 4.73. The van der Waals surface area contributed by atoms with Crippen LogP contribution in [-0.2, 0) is 14.1 Å². The van der Waals surface area contributed by atoms with Gasteiger partial charge in [-0.15, -0.1) is 0 Å². The fourth-order valence-electron chi connectivity index (χ4n) is 3.42. The number of H-pyrrole nitrogens is 1. The van der Waals surface area contributed by atoms with E-state index in [2.05, 4.69) is 32.2 Å². The Hall–Kier alpha value is -3.40. The summed E-state index contributed by atoms with van der Waals surface area (Å²) in [6, 6.07) is 3.18. The topological polar surface area (TPSA) is 96.7 Å². The minimum Gasteiger partial charge on any atom is -0.390 e. The number of aromatic amines is 1. The number of rotatable bonds is 5. The van der Waals surface area contributed by atoms with Gasteiger partial charge < -0.3 is 10.2 Å². The van der Waals surface area contributed by atoms with E-state index < -0.39 is 5.82 Å². The van der Waals surface area contributed by atoms with Crippen LogP contribution < -0.4 is 15.8 Å². The van der Waals surface area contributed by atoms with Gasteiger partial charge in [0.2, 0.25) is 5.95 Å². The smallest absolute Gasteiger partial charge is 0.266 e. The van der Waals surface area contributed by atoms with Gasteiger partial charge in [-0.2, -0.15) is 15.2 Å². The lowest BCUT2D eigenvalue weighted by Crippen LogP contribution is -2.32. The molecule has 9 nitrogen and oxygen atoms in total. The predicted molar refractivity (Wildman–Crippen MR) is 115 cm³/mol. The summed E-state index contributed by atoms with van der Waals surface area (Å²) in [5.41, 5.74) is 1.42. The van der Waals surface area contributed by atoms with Gasteiger partial charge in [-0.1, -0.05) is 18.2 Å². The van der Waals surface area contributed by atoms with Crippen LogP contribution in [0.1, 0.15) is 0 Å². The summed E-state index contributed by atoms with van der Waals surface area (Å²) in [5, 5.41) is 14.6. The largest absolute Gasteiger partial charge is 0.390 e. The van der Waals surface area contributed by atoms with E-state index in [1.54, 1.807) is 39.2 Å². The van der Waals surface area contributed by atoms with Crippen molar-refractivity contribution in [2.75, 3.05) is 25.5 Å². The minimum atomic E-state index is -0.590. The van der Waals surface area contributed by atoms with Gasteiger partial charge in [0.15, 0.2) is 5.65 Å². The predicted octanol–water partition coefficient (Wildman–Crippen LogP) is 2.17. The number of hydrogen-bond acceptors (Lipinski definition) is 6. The lowest BCUT2D eigenvalue weighted by atomic mass is 10.1. The number of fused-ring (bicyclic) bond motifs is 2.